The van der Waals surface area contributed by atoms with E-state index >= 15 is 0 Å². The summed E-state index contributed by atoms with van der Waals surface area (Å²) < 4.78 is 73.0. The van der Waals surface area contributed by atoms with Crippen LogP contribution in [0.3, 0.4) is 0 Å². The van der Waals surface area contributed by atoms with E-state index in [1.165, 1.54) is 7.11 Å². The quantitative estimate of drug-likeness (QED) is 0.728. The zero-order chi connectivity index (χ0) is 20.3. The smallest absolute Gasteiger partial charge is 0.406 e. The highest BCUT2D eigenvalue weighted by molar-refractivity contribution is 7.89. The maximum absolute atomic E-state index is 12.4. The Morgan fingerprint density at radius 2 is 1.74 bits per heavy atom. The van der Waals surface area contributed by atoms with Crippen molar-refractivity contribution in [3.63, 3.8) is 0 Å². The second kappa shape index (κ2) is 8.05. The molecule has 1 unspecified atom stereocenters. The summed E-state index contributed by atoms with van der Waals surface area (Å²) in [7, 11) is -2.55. The van der Waals surface area contributed by atoms with Crippen molar-refractivity contribution in [1.82, 2.24) is 4.72 Å². The molecule has 5 nitrogen and oxygen atoms in total. The molecule has 2 aromatic rings. The fourth-order valence-corrected chi connectivity index (χ4v) is 3.56. The Labute approximate surface area is 160 Å². The average Bonchev–Trinajstić information content (AvgIpc) is 2.59. The molecule has 148 valence electrons. The van der Waals surface area contributed by atoms with Gasteiger partial charge in [-0.15, -0.1) is 13.2 Å². The van der Waals surface area contributed by atoms with Gasteiger partial charge >= 0.3 is 6.36 Å². The monoisotopic (exact) mass is 423 g/mol. The Balaban J connectivity index is 2.15. The summed E-state index contributed by atoms with van der Waals surface area (Å²) in [4.78, 5) is -0.207. The summed E-state index contributed by atoms with van der Waals surface area (Å²) in [6.45, 7) is 1.56. The first-order valence-electron chi connectivity index (χ1n) is 7.62. The molecule has 0 heterocycles. The number of benzene rings is 2. The first kappa shape index (κ1) is 21.5. The van der Waals surface area contributed by atoms with Gasteiger partial charge in [-0.05, 0) is 48.9 Å². The number of hydrogen-bond acceptors (Lipinski definition) is 4. The molecule has 0 saturated heterocycles. The number of hydrogen-bond donors (Lipinski definition) is 1. The van der Waals surface area contributed by atoms with Gasteiger partial charge in [-0.25, -0.2) is 13.1 Å². The zero-order valence-electron chi connectivity index (χ0n) is 14.4. The number of halogens is 4. The first-order chi connectivity index (χ1) is 12.5. The molecule has 27 heavy (non-hydrogen) atoms. The third-order valence-corrected chi connectivity index (χ3v) is 5.51. The van der Waals surface area contributed by atoms with Gasteiger partial charge in [0.25, 0.3) is 0 Å². The lowest BCUT2D eigenvalue weighted by Gasteiger charge is -2.29. The molecule has 0 aliphatic heterocycles. The highest BCUT2D eigenvalue weighted by Crippen LogP contribution is 2.27. The van der Waals surface area contributed by atoms with Crippen LogP contribution in [0.15, 0.2) is 53.4 Å². The normalized spacial score (nSPS) is 14.6. The van der Waals surface area contributed by atoms with Crippen molar-refractivity contribution < 1.29 is 31.1 Å². The number of alkyl halides is 3. The Hall–Kier alpha value is -1.81. The lowest BCUT2D eigenvalue weighted by molar-refractivity contribution is -0.274. The van der Waals surface area contributed by atoms with E-state index in [4.69, 9.17) is 16.3 Å². The second-order valence-electron chi connectivity index (χ2n) is 5.79. The predicted molar refractivity (Wildman–Crippen MR) is 94.1 cm³/mol. The SMILES string of the molecule is COC(C)(CNS(=O)(=O)c1ccc(OC(F)(F)F)cc1)c1cccc(Cl)c1. The van der Waals surface area contributed by atoms with Crippen LogP contribution in [-0.4, -0.2) is 28.4 Å². The number of sulfonamides is 1. The molecule has 0 aliphatic carbocycles. The third-order valence-electron chi connectivity index (χ3n) is 3.85. The van der Waals surface area contributed by atoms with Gasteiger partial charge in [-0.2, -0.15) is 0 Å². The molecule has 0 aliphatic rings. The molecule has 1 N–H and O–H groups in total. The van der Waals surface area contributed by atoms with Crippen LogP contribution in [0.4, 0.5) is 13.2 Å². The van der Waals surface area contributed by atoms with Crippen LogP contribution >= 0.6 is 11.6 Å². The van der Waals surface area contributed by atoms with Crippen molar-refractivity contribution in [1.29, 1.82) is 0 Å². The minimum absolute atomic E-state index is 0.118. The van der Waals surface area contributed by atoms with E-state index in [2.05, 4.69) is 9.46 Å². The zero-order valence-corrected chi connectivity index (χ0v) is 16.0. The molecule has 0 fully saturated rings. The van der Waals surface area contributed by atoms with E-state index in [-0.39, 0.29) is 11.4 Å². The van der Waals surface area contributed by atoms with Crippen LogP contribution in [0.5, 0.6) is 5.75 Å². The van der Waals surface area contributed by atoms with Gasteiger partial charge in [0.15, 0.2) is 0 Å². The van der Waals surface area contributed by atoms with Gasteiger partial charge in [0.2, 0.25) is 10.0 Å². The van der Waals surface area contributed by atoms with Crippen molar-refractivity contribution in [3.05, 3.63) is 59.1 Å². The maximum atomic E-state index is 12.4. The van der Waals surface area contributed by atoms with Crippen LogP contribution in [-0.2, 0) is 20.4 Å². The first-order valence-corrected chi connectivity index (χ1v) is 9.48. The molecule has 0 bridgehead atoms. The van der Waals surface area contributed by atoms with E-state index in [9.17, 15) is 21.6 Å². The predicted octanol–water partition coefficient (Wildman–Crippen LogP) is 4.08. The molecular weight excluding hydrogens is 407 g/mol. The van der Waals surface area contributed by atoms with Gasteiger partial charge in [-0.1, -0.05) is 23.7 Å². The van der Waals surface area contributed by atoms with E-state index < -0.39 is 27.7 Å². The van der Waals surface area contributed by atoms with E-state index in [0.717, 1.165) is 24.3 Å². The molecule has 10 heteroatoms. The maximum Gasteiger partial charge on any atom is 0.573 e. The minimum Gasteiger partial charge on any atom is -0.406 e. The van der Waals surface area contributed by atoms with Gasteiger partial charge in [0.1, 0.15) is 11.4 Å². The molecule has 1 atom stereocenters. The van der Waals surface area contributed by atoms with Crippen LogP contribution in [0.2, 0.25) is 5.02 Å². The summed E-state index contributed by atoms with van der Waals surface area (Å²) in [5.41, 5.74) is -0.341. The Kier molecular flexibility index (Phi) is 6.41. The molecule has 0 amide bonds. The summed E-state index contributed by atoms with van der Waals surface area (Å²) in [6, 6.07) is 10.7. The molecule has 0 aromatic heterocycles. The molecule has 2 aromatic carbocycles. The summed E-state index contributed by atoms with van der Waals surface area (Å²) in [5.74, 6) is -0.512. The van der Waals surface area contributed by atoms with Crippen LogP contribution in [0.25, 0.3) is 0 Å². The van der Waals surface area contributed by atoms with Crippen molar-refractivity contribution in [2.45, 2.75) is 23.8 Å². The van der Waals surface area contributed by atoms with E-state index in [1.54, 1.807) is 31.2 Å². The van der Waals surface area contributed by atoms with Crippen molar-refractivity contribution in [2.75, 3.05) is 13.7 Å². The highest BCUT2D eigenvalue weighted by Gasteiger charge is 2.32. The Bertz CT molecular complexity index is 888. The minimum atomic E-state index is -4.85. The number of rotatable bonds is 7. The Morgan fingerprint density at radius 3 is 2.26 bits per heavy atom. The van der Waals surface area contributed by atoms with Crippen LogP contribution < -0.4 is 9.46 Å². The van der Waals surface area contributed by atoms with Crippen molar-refractivity contribution in [3.8, 4) is 5.75 Å². The van der Waals surface area contributed by atoms with E-state index in [0.29, 0.717) is 10.6 Å². The number of methoxy groups -OCH3 is 1. The molecular formula is C17H17ClF3NO4S. The van der Waals surface area contributed by atoms with Gasteiger partial charge < -0.3 is 9.47 Å². The van der Waals surface area contributed by atoms with E-state index in [1.807, 2.05) is 0 Å². The summed E-state index contributed by atoms with van der Waals surface area (Å²) >= 11 is 5.97. The standard InChI is InChI=1S/C17H17ClF3NO4S/c1-16(25-2,12-4-3-5-13(18)10-12)11-22-27(23,24)15-8-6-14(7-9-15)26-17(19,20)21/h3-10,22H,11H2,1-2H3. The largest absolute Gasteiger partial charge is 0.573 e. The Morgan fingerprint density at radius 1 is 1.11 bits per heavy atom. The number of ether oxygens (including phenoxy) is 2. The molecule has 2 rings (SSSR count). The van der Waals surface area contributed by atoms with Crippen LogP contribution in [0, 0.1) is 0 Å². The summed E-state index contributed by atoms with van der Waals surface area (Å²) in [5, 5.41) is 0.471. The average molecular weight is 424 g/mol. The molecule has 0 radical (unpaired) electrons. The fraction of sp³-hybridized carbons (Fsp3) is 0.294. The molecule has 0 spiro atoms. The van der Waals surface area contributed by atoms with Gasteiger partial charge in [-0.3, -0.25) is 0 Å². The molecule has 0 saturated carbocycles. The topological polar surface area (TPSA) is 64.6 Å². The number of nitrogens with one attached hydrogen (secondary N) is 1. The second-order valence-corrected chi connectivity index (χ2v) is 7.99. The highest BCUT2D eigenvalue weighted by atomic mass is 35.5. The van der Waals surface area contributed by atoms with Gasteiger partial charge in [0, 0.05) is 18.7 Å². The fourth-order valence-electron chi connectivity index (χ4n) is 2.25. The summed E-state index contributed by atoms with van der Waals surface area (Å²) in [6.07, 6.45) is -4.85. The lowest BCUT2D eigenvalue weighted by atomic mass is 9.96. The van der Waals surface area contributed by atoms with Crippen molar-refractivity contribution in [2.24, 2.45) is 0 Å². The van der Waals surface area contributed by atoms with Crippen molar-refractivity contribution >= 4 is 21.6 Å². The third kappa shape index (κ3) is 5.83. The van der Waals surface area contributed by atoms with Crippen LogP contribution in [0.1, 0.15) is 12.5 Å². The van der Waals surface area contributed by atoms with Gasteiger partial charge in [0.05, 0.1) is 4.90 Å². The lowest BCUT2D eigenvalue weighted by Crippen LogP contribution is -2.40.